The Kier molecular flexibility index (Phi) is 3.52. The maximum atomic E-state index is 12.8. The number of halogens is 1. The zero-order valence-corrected chi connectivity index (χ0v) is 9.43. The van der Waals surface area contributed by atoms with Crippen molar-refractivity contribution < 1.29 is 14.3 Å². The van der Waals surface area contributed by atoms with Crippen LogP contribution in [-0.4, -0.2) is 16.1 Å². The van der Waals surface area contributed by atoms with Crippen LogP contribution in [0, 0.1) is 5.82 Å². The number of carbonyl (C=O) groups is 1. The molecule has 0 unspecified atom stereocenters. The lowest BCUT2D eigenvalue weighted by Gasteiger charge is -2.09. The van der Waals surface area contributed by atoms with Crippen molar-refractivity contribution in [1.82, 2.24) is 4.98 Å². The van der Waals surface area contributed by atoms with Crippen LogP contribution in [0.4, 0.5) is 15.9 Å². The number of aliphatic carboxylic acids is 1. The fourth-order valence-electron chi connectivity index (χ4n) is 1.53. The van der Waals surface area contributed by atoms with Crippen LogP contribution in [0.5, 0.6) is 0 Å². The summed E-state index contributed by atoms with van der Waals surface area (Å²) in [7, 11) is 0. The first-order valence-electron chi connectivity index (χ1n) is 5.33. The average molecular weight is 246 g/mol. The molecule has 0 spiro atoms. The molecule has 0 bridgehead atoms. The van der Waals surface area contributed by atoms with Gasteiger partial charge < -0.3 is 10.4 Å². The third kappa shape index (κ3) is 3.04. The van der Waals surface area contributed by atoms with Gasteiger partial charge in [-0.25, -0.2) is 9.37 Å². The Morgan fingerprint density at radius 1 is 1.28 bits per heavy atom. The number of aromatic nitrogens is 1. The number of benzene rings is 1. The molecule has 2 N–H and O–H groups in total. The SMILES string of the molecule is O=C(O)Cc1cccnc1Nc1ccc(F)cc1. The van der Waals surface area contributed by atoms with E-state index in [2.05, 4.69) is 10.3 Å². The Morgan fingerprint density at radius 2 is 2.00 bits per heavy atom. The van der Waals surface area contributed by atoms with Gasteiger partial charge >= 0.3 is 5.97 Å². The topological polar surface area (TPSA) is 62.2 Å². The summed E-state index contributed by atoms with van der Waals surface area (Å²) in [6.07, 6.45) is 1.45. The number of hydrogen-bond acceptors (Lipinski definition) is 3. The number of nitrogens with one attached hydrogen (secondary N) is 1. The number of hydrogen-bond donors (Lipinski definition) is 2. The molecule has 2 aromatic rings. The van der Waals surface area contributed by atoms with E-state index in [1.54, 1.807) is 30.5 Å². The Bertz CT molecular complexity index is 555. The van der Waals surface area contributed by atoms with Gasteiger partial charge in [-0.1, -0.05) is 6.07 Å². The Hall–Kier alpha value is -2.43. The summed E-state index contributed by atoms with van der Waals surface area (Å²) in [5.41, 5.74) is 1.23. The minimum absolute atomic E-state index is 0.114. The van der Waals surface area contributed by atoms with Gasteiger partial charge in [0.1, 0.15) is 11.6 Å². The molecule has 1 aromatic carbocycles. The lowest BCUT2D eigenvalue weighted by molar-refractivity contribution is -0.136. The van der Waals surface area contributed by atoms with Gasteiger partial charge in [-0.2, -0.15) is 0 Å². The minimum atomic E-state index is -0.926. The van der Waals surface area contributed by atoms with E-state index < -0.39 is 5.97 Å². The zero-order valence-electron chi connectivity index (χ0n) is 9.43. The van der Waals surface area contributed by atoms with Crippen LogP contribution in [0.1, 0.15) is 5.56 Å². The van der Waals surface area contributed by atoms with Gasteiger partial charge in [-0.15, -0.1) is 0 Å². The highest BCUT2D eigenvalue weighted by atomic mass is 19.1. The van der Waals surface area contributed by atoms with Crippen molar-refractivity contribution in [2.24, 2.45) is 0 Å². The molecule has 0 aliphatic heterocycles. The van der Waals surface area contributed by atoms with Crippen molar-refractivity contribution >= 4 is 17.5 Å². The van der Waals surface area contributed by atoms with E-state index in [0.29, 0.717) is 17.1 Å². The molecular weight excluding hydrogens is 235 g/mol. The van der Waals surface area contributed by atoms with Gasteiger partial charge in [0.15, 0.2) is 0 Å². The smallest absolute Gasteiger partial charge is 0.307 e. The molecule has 2 rings (SSSR count). The lowest BCUT2D eigenvalue weighted by atomic mass is 10.2. The summed E-state index contributed by atoms with van der Waals surface area (Å²) < 4.78 is 12.8. The highest BCUT2D eigenvalue weighted by Gasteiger charge is 2.07. The number of pyridine rings is 1. The van der Waals surface area contributed by atoms with Crippen molar-refractivity contribution in [1.29, 1.82) is 0 Å². The van der Waals surface area contributed by atoms with Gasteiger partial charge in [0, 0.05) is 17.4 Å². The standard InChI is InChI=1S/C13H11FN2O2/c14-10-3-5-11(6-4-10)16-13-9(8-12(17)18)2-1-7-15-13/h1-7H,8H2,(H,15,16)(H,17,18). The Balaban J connectivity index is 2.23. The maximum absolute atomic E-state index is 12.8. The first-order chi connectivity index (χ1) is 8.65. The number of anilines is 2. The molecule has 0 fully saturated rings. The highest BCUT2D eigenvalue weighted by Crippen LogP contribution is 2.19. The highest BCUT2D eigenvalue weighted by molar-refractivity contribution is 5.73. The molecule has 18 heavy (non-hydrogen) atoms. The first kappa shape index (κ1) is 12.0. The number of nitrogens with zero attached hydrogens (tertiary/aromatic N) is 1. The van der Waals surface area contributed by atoms with Crippen LogP contribution in [0.2, 0.25) is 0 Å². The van der Waals surface area contributed by atoms with E-state index in [-0.39, 0.29) is 12.2 Å². The molecular formula is C13H11FN2O2. The van der Waals surface area contributed by atoms with Gasteiger partial charge in [-0.05, 0) is 30.3 Å². The third-order valence-corrected chi connectivity index (χ3v) is 2.34. The predicted octanol–water partition coefficient (Wildman–Crippen LogP) is 2.59. The molecule has 0 saturated heterocycles. The summed E-state index contributed by atoms with van der Waals surface area (Å²) in [4.78, 5) is 14.8. The summed E-state index contributed by atoms with van der Waals surface area (Å²) in [6.45, 7) is 0. The second-order valence-electron chi connectivity index (χ2n) is 3.71. The molecule has 0 aliphatic carbocycles. The predicted molar refractivity (Wildman–Crippen MR) is 65.3 cm³/mol. The van der Waals surface area contributed by atoms with E-state index in [1.807, 2.05) is 0 Å². The van der Waals surface area contributed by atoms with E-state index in [9.17, 15) is 9.18 Å². The maximum Gasteiger partial charge on any atom is 0.307 e. The second-order valence-corrected chi connectivity index (χ2v) is 3.71. The molecule has 0 atom stereocenters. The largest absolute Gasteiger partial charge is 0.481 e. The quantitative estimate of drug-likeness (QED) is 0.870. The van der Waals surface area contributed by atoms with Crippen LogP contribution < -0.4 is 5.32 Å². The minimum Gasteiger partial charge on any atom is -0.481 e. The van der Waals surface area contributed by atoms with Crippen molar-refractivity contribution in [3.63, 3.8) is 0 Å². The summed E-state index contributed by atoms with van der Waals surface area (Å²) >= 11 is 0. The molecule has 4 nitrogen and oxygen atoms in total. The lowest BCUT2D eigenvalue weighted by Crippen LogP contribution is -2.05. The van der Waals surface area contributed by atoms with Gasteiger partial charge in [0.05, 0.1) is 6.42 Å². The van der Waals surface area contributed by atoms with Crippen LogP contribution in [0.15, 0.2) is 42.6 Å². The van der Waals surface area contributed by atoms with Crippen LogP contribution >= 0.6 is 0 Å². The van der Waals surface area contributed by atoms with Crippen molar-refractivity contribution in [2.75, 3.05) is 5.32 Å². The first-order valence-corrected chi connectivity index (χ1v) is 5.33. The van der Waals surface area contributed by atoms with E-state index in [1.165, 1.54) is 12.1 Å². The Labute approximate surface area is 103 Å². The summed E-state index contributed by atoms with van der Waals surface area (Å²) in [5, 5.41) is 11.8. The number of carboxylic acids is 1. The van der Waals surface area contributed by atoms with Gasteiger partial charge in [0.25, 0.3) is 0 Å². The van der Waals surface area contributed by atoms with Gasteiger partial charge in [-0.3, -0.25) is 4.79 Å². The Morgan fingerprint density at radius 3 is 2.67 bits per heavy atom. The molecule has 1 aromatic heterocycles. The van der Waals surface area contributed by atoms with Crippen molar-refractivity contribution in [3.05, 3.63) is 54.0 Å². The van der Waals surface area contributed by atoms with Gasteiger partial charge in [0.2, 0.25) is 0 Å². The molecule has 0 radical (unpaired) electrons. The second kappa shape index (κ2) is 5.27. The van der Waals surface area contributed by atoms with E-state index >= 15 is 0 Å². The third-order valence-electron chi connectivity index (χ3n) is 2.34. The molecule has 5 heteroatoms. The number of rotatable bonds is 4. The molecule has 92 valence electrons. The summed E-state index contributed by atoms with van der Waals surface area (Å²) in [5.74, 6) is -0.788. The van der Waals surface area contributed by atoms with Crippen LogP contribution in [0.3, 0.4) is 0 Å². The van der Waals surface area contributed by atoms with Crippen molar-refractivity contribution in [2.45, 2.75) is 6.42 Å². The molecule has 0 saturated carbocycles. The fraction of sp³-hybridized carbons (Fsp3) is 0.0769. The summed E-state index contributed by atoms with van der Waals surface area (Å²) in [6, 6.07) is 9.13. The molecule has 0 amide bonds. The fourth-order valence-corrected chi connectivity index (χ4v) is 1.53. The van der Waals surface area contributed by atoms with E-state index in [4.69, 9.17) is 5.11 Å². The average Bonchev–Trinajstić information content (AvgIpc) is 2.34. The van der Waals surface area contributed by atoms with Crippen LogP contribution in [-0.2, 0) is 11.2 Å². The van der Waals surface area contributed by atoms with Crippen molar-refractivity contribution in [3.8, 4) is 0 Å². The van der Waals surface area contributed by atoms with E-state index in [0.717, 1.165) is 0 Å². The number of carboxylic acid groups (broad SMARTS) is 1. The molecule has 1 heterocycles. The zero-order chi connectivity index (χ0) is 13.0. The van der Waals surface area contributed by atoms with Crippen LogP contribution in [0.25, 0.3) is 0 Å². The molecule has 0 aliphatic rings. The normalized spacial score (nSPS) is 10.1. The monoisotopic (exact) mass is 246 g/mol.